The quantitative estimate of drug-likeness (QED) is 0.870. The van der Waals surface area contributed by atoms with Gasteiger partial charge >= 0.3 is 0 Å². The molecule has 7 heteroatoms. The zero-order valence-electron chi connectivity index (χ0n) is 15.3. The number of aryl methyl sites for hydroxylation is 2. The molecule has 0 spiro atoms. The molecule has 2 aromatic rings. The monoisotopic (exact) mass is 375 g/mol. The SMILES string of the molecule is Cc1noc(C)c1CN1CCc2c(C(=O)NC[C@@H]3CCCO3)csc2C1. The predicted octanol–water partition coefficient (Wildman–Crippen LogP) is 2.82. The Balaban J connectivity index is 1.39. The number of nitrogens with zero attached hydrogens (tertiary/aromatic N) is 2. The normalized spacial score (nSPS) is 20.3. The van der Waals surface area contributed by atoms with Crippen molar-refractivity contribution in [2.45, 2.75) is 52.3 Å². The molecule has 1 saturated heterocycles. The minimum Gasteiger partial charge on any atom is -0.376 e. The Labute approximate surface area is 157 Å². The van der Waals surface area contributed by atoms with Gasteiger partial charge in [-0.2, -0.15) is 0 Å². The van der Waals surface area contributed by atoms with E-state index in [0.717, 1.165) is 62.5 Å². The van der Waals surface area contributed by atoms with Crippen LogP contribution in [0.5, 0.6) is 0 Å². The predicted molar refractivity (Wildman–Crippen MR) is 99.4 cm³/mol. The highest BCUT2D eigenvalue weighted by Crippen LogP contribution is 2.30. The van der Waals surface area contributed by atoms with Crippen LogP contribution in [-0.4, -0.2) is 41.8 Å². The van der Waals surface area contributed by atoms with Crippen molar-refractivity contribution in [2.24, 2.45) is 0 Å². The number of hydrogen-bond acceptors (Lipinski definition) is 6. The number of ether oxygens (including phenoxy) is 1. The highest BCUT2D eigenvalue weighted by Gasteiger charge is 2.25. The van der Waals surface area contributed by atoms with Crippen LogP contribution >= 0.6 is 11.3 Å². The lowest BCUT2D eigenvalue weighted by atomic mass is 10.0. The third kappa shape index (κ3) is 3.56. The molecular weight excluding hydrogens is 350 g/mol. The van der Waals surface area contributed by atoms with Gasteiger partial charge in [-0.25, -0.2) is 0 Å². The molecule has 4 rings (SSSR count). The number of nitrogens with one attached hydrogen (secondary N) is 1. The maximum absolute atomic E-state index is 12.6. The molecule has 0 aromatic carbocycles. The molecule has 6 nitrogen and oxygen atoms in total. The van der Waals surface area contributed by atoms with Gasteiger partial charge in [0.25, 0.3) is 5.91 Å². The number of carbonyl (C=O) groups excluding carboxylic acids is 1. The second-order valence-corrected chi connectivity index (χ2v) is 8.12. The van der Waals surface area contributed by atoms with Crippen LogP contribution in [0.4, 0.5) is 0 Å². The van der Waals surface area contributed by atoms with Crippen molar-refractivity contribution in [1.29, 1.82) is 0 Å². The first kappa shape index (κ1) is 17.7. The van der Waals surface area contributed by atoms with Crippen LogP contribution in [0.1, 0.15) is 50.7 Å². The second kappa shape index (κ2) is 7.50. The fourth-order valence-electron chi connectivity index (χ4n) is 3.77. The first-order valence-corrected chi connectivity index (χ1v) is 10.1. The van der Waals surface area contributed by atoms with Gasteiger partial charge in [0.1, 0.15) is 5.76 Å². The molecule has 26 heavy (non-hydrogen) atoms. The Hall–Kier alpha value is -1.70. The molecule has 1 atom stereocenters. The van der Waals surface area contributed by atoms with E-state index in [4.69, 9.17) is 9.26 Å². The van der Waals surface area contributed by atoms with Crippen LogP contribution in [0.2, 0.25) is 0 Å². The number of fused-ring (bicyclic) bond motifs is 1. The zero-order chi connectivity index (χ0) is 18.1. The molecule has 2 aromatic heterocycles. The van der Waals surface area contributed by atoms with Gasteiger partial charge < -0.3 is 14.6 Å². The molecule has 1 fully saturated rings. The Morgan fingerprint density at radius 1 is 1.46 bits per heavy atom. The molecule has 4 heterocycles. The first-order chi connectivity index (χ1) is 12.6. The van der Waals surface area contributed by atoms with Crippen molar-refractivity contribution in [3.63, 3.8) is 0 Å². The van der Waals surface area contributed by atoms with Gasteiger partial charge in [0.2, 0.25) is 0 Å². The molecule has 2 aliphatic heterocycles. The molecule has 0 aliphatic carbocycles. The van der Waals surface area contributed by atoms with Gasteiger partial charge in [-0.05, 0) is 38.7 Å². The average Bonchev–Trinajstić information content (AvgIpc) is 3.36. The number of hydrogen-bond donors (Lipinski definition) is 1. The van der Waals surface area contributed by atoms with Crippen LogP contribution in [0.25, 0.3) is 0 Å². The number of carbonyl (C=O) groups is 1. The van der Waals surface area contributed by atoms with E-state index in [9.17, 15) is 4.79 Å². The van der Waals surface area contributed by atoms with Crippen molar-refractivity contribution in [1.82, 2.24) is 15.4 Å². The summed E-state index contributed by atoms with van der Waals surface area (Å²) in [5.41, 5.74) is 4.21. The Morgan fingerprint density at radius 3 is 3.08 bits per heavy atom. The molecule has 0 saturated carbocycles. The molecule has 2 aliphatic rings. The van der Waals surface area contributed by atoms with E-state index in [1.807, 2.05) is 19.2 Å². The lowest BCUT2D eigenvalue weighted by molar-refractivity contribution is 0.0856. The summed E-state index contributed by atoms with van der Waals surface area (Å²) in [6.07, 6.45) is 3.22. The number of amides is 1. The molecule has 1 amide bonds. The molecule has 140 valence electrons. The summed E-state index contributed by atoms with van der Waals surface area (Å²) in [6, 6.07) is 0. The van der Waals surface area contributed by atoms with Crippen LogP contribution in [0.15, 0.2) is 9.90 Å². The third-order valence-corrected chi connectivity index (χ3v) is 6.36. The van der Waals surface area contributed by atoms with Crippen LogP contribution < -0.4 is 5.32 Å². The summed E-state index contributed by atoms with van der Waals surface area (Å²) in [5, 5.41) is 9.10. The Morgan fingerprint density at radius 2 is 2.35 bits per heavy atom. The average molecular weight is 375 g/mol. The van der Waals surface area contributed by atoms with E-state index in [-0.39, 0.29) is 12.0 Å². The smallest absolute Gasteiger partial charge is 0.252 e. The van der Waals surface area contributed by atoms with Gasteiger partial charge in [0, 0.05) is 48.6 Å². The van der Waals surface area contributed by atoms with Gasteiger partial charge in [-0.15, -0.1) is 11.3 Å². The Bertz CT molecular complexity index is 773. The lowest BCUT2D eigenvalue weighted by Crippen LogP contribution is -2.34. The van der Waals surface area contributed by atoms with E-state index in [1.54, 1.807) is 11.3 Å². The van der Waals surface area contributed by atoms with Crippen molar-refractivity contribution in [3.05, 3.63) is 38.4 Å². The maximum atomic E-state index is 12.6. The maximum Gasteiger partial charge on any atom is 0.252 e. The van der Waals surface area contributed by atoms with Crippen molar-refractivity contribution >= 4 is 17.2 Å². The minimum absolute atomic E-state index is 0.0390. The lowest BCUT2D eigenvalue weighted by Gasteiger charge is -2.27. The van der Waals surface area contributed by atoms with Crippen LogP contribution in [0, 0.1) is 13.8 Å². The van der Waals surface area contributed by atoms with Gasteiger partial charge in [-0.1, -0.05) is 5.16 Å². The molecule has 0 radical (unpaired) electrons. The highest BCUT2D eigenvalue weighted by molar-refractivity contribution is 7.10. The summed E-state index contributed by atoms with van der Waals surface area (Å²) < 4.78 is 10.9. The van der Waals surface area contributed by atoms with Crippen LogP contribution in [0.3, 0.4) is 0 Å². The second-order valence-electron chi connectivity index (χ2n) is 7.16. The highest BCUT2D eigenvalue weighted by atomic mass is 32.1. The minimum atomic E-state index is 0.0390. The van der Waals surface area contributed by atoms with E-state index < -0.39 is 0 Å². The van der Waals surface area contributed by atoms with Crippen molar-refractivity contribution in [2.75, 3.05) is 19.7 Å². The fraction of sp³-hybridized carbons (Fsp3) is 0.579. The zero-order valence-corrected chi connectivity index (χ0v) is 16.2. The standard InChI is InChI=1S/C19H25N3O3S/c1-12-16(13(2)25-21-12)9-22-6-5-15-17(11-26-18(15)10-22)19(23)20-8-14-4-3-7-24-14/h11,14H,3-10H2,1-2H3,(H,20,23)/t14-/m0/s1. The van der Waals surface area contributed by atoms with E-state index in [0.29, 0.717) is 6.54 Å². The van der Waals surface area contributed by atoms with Crippen molar-refractivity contribution in [3.8, 4) is 0 Å². The number of thiophene rings is 1. The van der Waals surface area contributed by atoms with E-state index in [1.165, 1.54) is 16.0 Å². The molecule has 1 N–H and O–H groups in total. The van der Waals surface area contributed by atoms with Crippen molar-refractivity contribution < 1.29 is 14.1 Å². The molecule has 0 unspecified atom stereocenters. The summed E-state index contributed by atoms with van der Waals surface area (Å²) in [6.45, 7) is 8.05. The van der Waals surface area contributed by atoms with Gasteiger partial charge in [0.15, 0.2) is 0 Å². The summed E-state index contributed by atoms with van der Waals surface area (Å²) in [4.78, 5) is 16.3. The van der Waals surface area contributed by atoms with E-state index in [2.05, 4.69) is 15.4 Å². The summed E-state index contributed by atoms with van der Waals surface area (Å²) in [5.74, 6) is 0.936. The molecular formula is C19H25N3O3S. The Kier molecular flexibility index (Phi) is 5.11. The number of rotatable bonds is 5. The third-order valence-electron chi connectivity index (χ3n) is 5.35. The first-order valence-electron chi connectivity index (χ1n) is 9.25. The largest absolute Gasteiger partial charge is 0.376 e. The van der Waals surface area contributed by atoms with Gasteiger partial charge in [-0.3, -0.25) is 9.69 Å². The fourth-order valence-corrected chi connectivity index (χ4v) is 4.89. The van der Waals surface area contributed by atoms with E-state index >= 15 is 0 Å². The van der Waals surface area contributed by atoms with Gasteiger partial charge in [0.05, 0.1) is 17.4 Å². The summed E-state index contributed by atoms with van der Waals surface area (Å²) >= 11 is 1.69. The molecule has 0 bridgehead atoms. The van der Waals surface area contributed by atoms with Crippen LogP contribution in [-0.2, 0) is 24.2 Å². The summed E-state index contributed by atoms with van der Waals surface area (Å²) in [7, 11) is 0. The topological polar surface area (TPSA) is 67.6 Å². The number of aromatic nitrogens is 1.